The van der Waals surface area contributed by atoms with Crippen molar-refractivity contribution in [1.29, 1.82) is 0 Å². The predicted octanol–water partition coefficient (Wildman–Crippen LogP) is 2.69. The Morgan fingerprint density at radius 2 is 1.92 bits per heavy atom. The Kier molecular flexibility index (Phi) is 4.19. The normalized spacial score (nSPS) is 19.8. The highest BCUT2D eigenvalue weighted by molar-refractivity contribution is 7.89. The minimum Gasteiger partial charge on any atom is -0.326 e. The molecule has 1 saturated carbocycles. The number of aryl methyl sites for hydroxylation is 2. The summed E-state index contributed by atoms with van der Waals surface area (Å²) in [7, 11) is -3.81. The van der Waals surface area contributed by atoms with Gasteiger partial charge in [0.25, 0.3) is 0 Å². The smallest absolute Gasteiger partial charge is 0.238 e. The van der Waals surface area contributed by atoms with Crippen LogP contribution < -0.4 is 10.5 Å². The molecule has 126 valence electrons. The van der Waals surface area contributed by atoms with Crippen LogP contribution in [0.3, 0.4) is 0 Å². The molecule has 2 unspecified atom stereocenters. The predicted molar refractivity (Wildman–Crippen MR) is 93.2 cm³/mol. The summed E-state index contributed by atoms with van der Waals surface area (Å²) >= 11 is 0. The molecule has 1 aliphatic rings. The first-order chi connectivity index (χ1) is 11.3. The van der Waals surface area contributed by atoms with Crippen LogP contribution in [0.4, 0.5) is 5.69 Å². The topological polar surface area (TPSA) is 89.3 Å². The molecule has 3 rings (SSSR count). The lowest BCUT2D eigenvalue weighted by Gasteiger charge is -2.09. The Morgan fingerprint density at radius 1 is 1.17 bits per heavy atom. The summed E-state index contributed by atoms with van der Waals surface area (Å²) in [6, 6.07) is 12.9. The lowest BCUT2D eigenvalue weighted by Crippen LogP contribution is -2.17. The number of nitrogens with one attached hydrogen (secondary N) is 1. The van der Waals surface area contributed by atoms with E-state index in [1.807, 2.05) is 25.1 Å². The van der Waals surface area contributed by atoms with Gasteiger partial charge in [0.2, 0.25) is 15.9 Å². The number of sulfonamides is 1. The second-order valence-corrected chi connectivity index (χ2v) is 7.91. The van der Waals surface area contributed by atoms with Crippen LogP contribution in [0.5, 0.6) is 0 Å². The van der Waals surface area contributed by atoms with Gasteiger partial charge in [-0.25, -0.2) is 13.6 Å². The van der Waals surface area contributed by atoms with Crippen LogP contribution in [0.2, 0.25) is 0 Å². The van der Waals surface area contributed by atoms with Crippen molar-refractivity contribution in [2.45, 2.75) is 31.1 Å². The molecule has 0 aliphatic heterocycles. The number of benzene rings is 2. The molecule has 0 radical (unpaired) electrons. The van der Waals surface area contributed by atoms with E-state index in [-0.39, 0.29) is 22.6 Å². The van der Waals surface area contributed by atoms with Gasteiger partial charge in [0.15, 0.2) is 0 Å². The van der Waals surface area contributed by atoms with Crippen LogP contribution in [0.1, 0.15) is 29.0 Å². The molecular weight excluding hydrogens is 324 g/mol. The number of hydrogen-bond acceptors (Lipinski definition) is 3. The molecule has 0 aromatic heterocycles. The first kappa shape index (κ1) is 16.7. The Labute approximate surface area is 141 Å². The van der Waals surface area contributed by atoms with Crippen LogP contribution in [-0.2, 0) is 14.8 Å². The average Bonchev–Trinajstić information content (AvgIpc) is 3.28. The monoisotopic (exact) mass is 344 g/mol. The Morgan fingerprint density at radius 3 is 2.58 bits per heavy atom. The van der Waals surface area contributed by atoms with Gasteiger partial charge in [0.05, 0.1) is 4.90 Å². The average molecular weight is 344 g/mol. The molecule has 2 aromatic carbocycles. The minimum atomic E-state index is -3.81. The molecule has 24 heavy (non-hydrogen) atoms. The third-order valence-corrected chi connectivity index (χ3v) is 5.41. The van der Waals surface area contributed by atoms with Gasteiger partial charge in [-0.15, -0.1) is 0 Å². The third kappa shape index (κ3) is 3.49. The molecule has 0 saturated heterocycles. The molecule has 0 spiro atoms. The van der Waals surface area contributed by atoms with E-state index in [0.29, 0.717) is 11.3 Å². The molecule has 2 aromatic rings. The molecule has 0 bridgehead atoms. The number of nitrogens with two attached hydrogens (primary N) is 1. The van der Waals surface area contributed by atoms with Gasteiger partial charge >= 0.3 is 0 Å². The highest BCUT2D eigenvalue weighted by Crippen LogP contribution is 2.48. The summed E-state index contributed by atoms with van der Waals surface area (Å²) in [5, 5.41) is 8.00. The maximum atomic E-state index is 12.4. The number of hydrogen-bond donors (Lipinski definition) is 2. The van der Waals surface area contributed by atoms with Crippen molar-refractivity contribution in [3.05, 3.63) is 59.2 Å². The Hall–Kier alpha value is -2.18. The van der Waals surface area contributed by atoms with Gasteiger partial charge in [-0.05, 0) is 49.4 Å². The van der Waals surface area contributed by atoms with Crippen molar-refractivity contribution >= 4 is 21.6 Å². The first-order valence-electron chi connectivity index (χ1n) is 7.76. The largest absolute Gasteiger partial charge is 0.326 e. The van der Waals surface area contributed by atoms with E-state index in [9.17, 15) is 13.2 Å². The summed E-state index contributed by atoms with van der Waals surface area (Å²) < 4.78 is 23.1. The van der Waals surface area contributed by atoms with E-state index in [1.54, 1.807) is 19.1 Å². The lowest BCUT2D eigenvalue weighted by atomic mass is 10.1. The zero-order chi connectivity index (χ0) is 17.5. The summed E-state index contributed by atoms with van der Waals surface area (Å²) in [4.78, 5) is 12.4. The van der Waals surface area contributed by atoms with Crippen molar-refractivity contribution in [2.24, 2.45) is 11.1 Å². The number of anilines is 1. The molecule has 1 amide bonds. The van der Waals surface area contributed by atoms with Crippen LogP contribution in [0.25, 0.3) is 0 Å². The quantitative estimate of drug-likeness (QED) is 0.893. The van der Waals surface area contributed by atoms with E-state index < -0.39 is 10.0 Å². The fourth-order valence-corrected chi connectivity index (χ4v) is 3.78. The van der Waals surface area contributed by atoms with E-state index in [4.69, 9.17) is 5.14 Å². The van der Waals surface area contributed by atoms with E-state index >= 15 is 0 Å². The summed E-state index contributed by atoms with van der Waals surface area (Å²) in [6.07, 6.45) is 0.809. The van der Waals surface area contributed by atoms with Crippen molar-refractivity contribution in [3.8, 4) is 0 Å². The molecule has 6 heteroatoms. The molecule has 0 heterocycles. The molecule has 1 fully saturated rings. The second-order valence-electron chi connectivity index (χ2n) is 6.38. The summed E-state index contributed by atoms with van der Waals surface area (Å²) in [6.45, 7) is 3.70. The first-order valence-corrected chi connectivity index (χ1v) is 9.31. The van der Waals surface area contributed by atoms with Gasteiger partial charge in [0, 0.05) is 11.6 Å². The molecule has 5 nitrogen and oxygen atoms in total. The number of amides is 1. The van der Waals surface area contributed by atoms with Crippen molar-refractivity contribution in [3.63, 3.8) is 0 Å². The molecule has 2 atom stereocenters. The van der Waals surface area contributed by atoms with Crippen LogP contribution >= 0.6 is 0 Å². The van der Waals surface area contributed by atoms with Gasteiger partial charge in [-0.3, -0.25) is 4.79 Å². The maximum Gasteiger partial charge on any atom is 0.238 e. The maximum absolute atomic E-state index is 12.4. The number of rotatable bonds is 4. The highest BCUT2D eigenvalue weighted by Gasteiger charge is 2.43. The molecule has 1 aliphatic carbocycles. The fourth-order valence-electron chi connectivity index (χ4n) is 2.97. The van der Waals surface area contributed by atoms with Crippen molar-refractivity contribution < 1.29 is 13.2 Å². The summed E-state index contributed by atoms with van der Waals surface area (Å²) in [5.41, 5.74) is 3.35. The molecule has 3 N–H and O–H groups in total. The Balaban J connectivity index is 1.73. The Bertz CT molecular complexity index is 906. The number of carbonyl (C=O) groups excluding carboxylic acids is 1. The van der Waals surface area contributed by atoms with Gasteiger partial charge in [0.1, 0.15) is 0 Å². The van der Waals surface area contributed by atoms with Gasteiger partial charge in [-0.1, -0.05) is 35.9 Å². The van der Waals surface area contributed by atoms with E-state index in [0.717, 1.165) is 6.42 Å². The SMILES string of the molecule is Cc1cccc(C2CC2C(=O)Nc2ccc(C)c(S(N)(=O)=O)c2)c1. The van der Waals surface area contributed by atoms with Crippen molar-refractivity contribution in [2.75, 3.05) is 5.32 Å². The van der Waals surface area contributed by atoms with Gasteiger partial charge in [-0.2, -0.15) is 0 Å². The zero-order valence-electron chi connectivity index (χ0n) is 13.6. The number of carbonyl (C=O) groups is 1. The van der Waals surface area contributed by atoms with E-state index in [2.05, 4.69) is 11.4 Å². The zero-order valence-corrected chi connectivity index (χ0v) is 14.4. The molecular formula is C18H20N2O3S. The van der Waals surface area contributed by atoms with Crippen LogP contribution in [0.15, 0.2) is 47.4 Å². The van der Waals surface area contributed by atoms with Crippen LogP contribution in [0, 0.1) is 19.8 Å². The third-order valence-electron chi connectivity index (χ3n) is 4.36. The van der Waals surface area contributed by atoms with Gasteiger partial charge < -0.3 is 5.32 Å². The summed E-state index contributed by atoms with van der Waals surface area (Å²) in [5.74, 6) is 0.0600. The van der Waals surface area contributed by atoms with Crippen LogP contribution in [-0.4, -0.2) is 14.3 Å². The fraction of sp³-hybridized carbons (Fsp3) is 0.278. The number of primary sulfonamides is 1. The van der Waals surface area contributed by atoms with E-state index in [1.165, 1.54) is 17.2 Å². The standard InChI is InChI=1S/C18H20N2O3S/c1-11-4-3-5-13(8-11)15-10-16(15)18(21)20-14-7-6-12(2)17(9-14)24(19,22)23/h3-9,15-16H,10H2,1-2H3,(H,20,21)(H2,19,22,23). The minimum absolute atomic E-state index is 0.0336. The lowest BCUT2D eigenvalue weighted by molar-refractivity contribution is -0.117. The highest BCUT2D eigenvalue weighted by atomic mass is 32.2. The van der Waals surface area contributed by atoms with Crippen molar-refractivity contribution in [1.82, 2.24) is 0 Å². The second kappa shape index (κ2) is 6.03.